The van der Waals surface area contributed by atoms with E-state index in [2.05, 4.69) is 21.7 Å². The van der Waals surface area contributed by atoms with Crippen LogP contribution in [0.1, 0.15) is 11.6 Å². The van der Waals surface area contributed by atoms with Gasteiger partial charge in [-0.3, -0.25) is 4.98 Å². The highest BCUT2D eigenvalue weighted by atomic mass is 35.5. The second-order valence-corrected chi connectivity index (χ2v) is 3.00. The molecule has 0 aromatic carbocycles. The lowest BCUT2D eigenvalue weighted by Crippen LogP contribution is -2.42. The number of aromatic nitrogens is 1. The van der Waals surface area contributed by atoms with E-state index in [0.717, 1.165) is 19.6 Å². The third-order valence-corrected chi connectivity index (χ3v) is 2.13. The zero-order chi connectivity index (χ0) is 8.23. The summed E-state index contributed by atoms with van der Waals surface area (Å²) in [6.07, 6.45) is 3.73. The Kier molecular flexibility index (Phi) is 6.83. The minimum absolute atomic E-state index is 0. The second-order valence-electron chi connectivity index (χ2n) is 3.00. The predicted octanol–water partition coefficient (Wildman–Crippen LogP) is 1.16. The smallest absolute Gasteiger partial charge is 0.0462 e. The Morgan fingerprint density at radius 2 is 2.14 bits per heavy atom. The molecule has 2 rings (SSSR count). The molecule has 1 atom stereocenters. The molecular weight excluding hydrogens is 221 g/mol. The number of nitrogens with one attached hydrogen (secondary N) is 2. The van der Waals surface area contributed by atoms with Crippen molar-refractivity contribution in [3.8, 4) is 0 Å². The van der Waals surface area contributed by atoms with Crippen LogP contribution in [0.2, 0.25) is 0 Å². The van der Waals surface area contributed by atoms with Gasteiger partial charge in [-0.05, 0) is 11.6 Å². The van der Waals surface area contributed by atoms with E-state index in [1.807, 2.05) is 12.3 Å². The lowest BCUT2D eigenvalue weighted by Gasteiger charge is -2.24. The summed E-state index contributed by atoms with van der Waals surface area (Å²) in [7, 11) is 0. The van der Waals surface area contributed by atoms with Gasteiger partial charge in [0.25, 0.3) is 0 Å². The largest absolute Gasteiger partial charge is 0.314 e. The first-order valence-corrected chi connectivity index (χ1v) is 4.31. The summed E-state index contributed by atoms with van der Waals surface area (Å²) in [6, 6.07) is 4.52. The molecule has 0 spiro atoms. The van der Waals surface area contributed by atoms with Crippen molar-refractivity contribution < 1.29 is 0 Å². The van der Waals surface area contributed by atoms with Gasteiger partial charge >= 0.3 is 0 Å². The van der Waals surface area contributed by atoms with Crippen LogP contribution < -0.4 is 10.6 Å². The summed E-state index contributed by atoms with van der Waals surface area (Å²) in [5.41, 5.74) is 1.27. The van der Waals surface area contributed by atoms with E-state index >= 15 is 0 Å². The molecule has 3 nitrogen and oxygen atoms in total. The van der Waals surface area contributed by atoms with Gasteiger partial charge in [0.15, 0.2) is 0 Å². The molecule has 0 aliphatic carbocycles. The Morgan fingerprint density at radius 3 is 2.71 bits per heavy atom. The topological polar surface area (TPSA) is 37.0 Å². The van der Waals surface area contributed by atoms with Gasteiger partial charge in [-0.25, -0.2) is 0 Å². The summed E-state index contributed by atoms with van der Waals surface area (Å²) in [5, 5.41) is 6.78. The lowest BCUT2D eigenvalue weighted by atomic mass is 10.1. The van der Waals surface area contributed by atoms with Gasteiger partial charge in [0, 0.05) is 38.1 Å². The van der Waals surface area contributed by atoms with Crippen LogP contribution in [0.3, 0.4) is 0 Å². The maximum absolute atomic E-state index is 4.09. The molecular formula is C9H15Cl2N3. The first-order valence-electron chi connectivity index (χ1n) is 4.31. The van der Waals surface area contributed by atoms with Crippen molar-refractivity contribution in [3.63, 3.8) is 0 Å². The average molecular weight is 236 g/mol. The summed E-state index contributed by atoms with van der Waals surface area (Å²) in [5.74, 6) is 0. The molecule has 2 N–H and O–H groups in total. The van der Waals surface area contributed by atoms with Crippen molar-refractivity contribution >= 4 is 24.8 Å². The Morgan fingerprint density at radius 1 is 1.29 bits per heavy atom. The van der Waals surface area contributed by atoms with Crippen LogP contribution in [0.15, 0.2) is 24.5 Å². The Hall–Kier alpha value is -0.350. The molecule has 1 fully saturated rings. The number of hydrogen-bond acceptors (Lipinski definition) is 3. The van der Waals surface area contributed by atoms with Crippen molar-refractivity contribution in [3.05, 3.63) is 30.1 Å². The fourth-order valence-electron chi connectivity index (χ4n) is 1.47. The molecule has 1 aliphatic heterocycles. The van der Waals surface area contributed by atoms with Crippen molar-refractivity contribution in [2.75, 3.05) is 19.6 Å². The summed E-state index contributed by atoms with van der Waals surface area (Å²) in [6.45, 7) is 3.11. The van der Waals surface area contributed by atoms with Gasteiger partial charge in [-0.2, -0.15) is 0 Å². The molecule has 0 saturated carbocycles. The van der Waals surface area contributed by atoms with Gasteiger partial charge in [0.1, 0.15) is 0 Å². The van der Waals surface area contributed by atoms with Gasteiger partial charge in [-0.15, -0.1) is 24.8 Å². The Bertz CT molecular complexity index is 237. The Labute approximate surface area is 96.5 Å². The molecule has 0 amide bonds. The van der Waals surface area contributed by atoms with Crippen LogP contribution in [0.25, 0.3) is 0 Å². The van der Waals surface area contributed by atoms with E-state index in [-0.39, 0.29) is 24.8 Å². The molecule has 1 aromatic heterocycles. The zero-order valence-electron chi connectivity index (χ0n) is 7.77. The molecule has 2 heterocycles. The molecule has 0 bridgehead atoms. The number of rotatable bonds is 1. The average Bonchev–Trinajstić information content (AvgIpc) is 2.21. The van der Waals surface area contributed by atoms with Gasteiger partial charge in [0.05, 0.1) is 0 Å². The Balaban J connectivity index is 0.000000845. The summed E-state index contributed by atoms with van der Waals surface area (Å²) >= 11 is 0. The van der Waals surface area contributed by atoms with Crippen molar-refractivity contribution in [2.24, 2.45) is 0 Å². The summed E-state index contributed by atoms with van der Waals surface area (Å²) in [4.78, 5) is 4.09. The summed E-state index contributed by atoms with van der Waals surface area (Å²) < 4.78 is 0. The lowest BCUT2D eigenvalue weighted by molar-refractivity contribution is 0.429. The van der Waals surface area contributed by atoms with Gasteiger partial charge < -0.3 is 10.6 Å². The highest BCUT2D eigenvalue weighted by Crippen LogP contribution is 2.10. The number of nitrogens with zero attached hydrogens (tertiary/aromatic N) is 1. The van der Waals surface area contributed by atoms with Crippen molar-refractivity contribution in [1.29, 1.82) is 0 Å². The third kappa shape index (κ3) is 3.42. The first kappa shape index (κ1) is 13.7. The fraction of sp³-hybridized carbons (Fsp3) is 0.444. The minimum atomic E-state index is 0. The maximum atomic E-state index is 4.09. The van der Waals surface area contributed by atoms with Crippen LogP contribution in [-0.4, -0.2) is 24.6 Å². The number of piperazine rings is 1. The predicted molar refractivity (Wildman–Crippen MR) is 62.3 cm³/mol. The normalized spacial score (nSPS) is 20.4. The van der Waals surface area contributed by atoms with E-state index in [9.17, 15) is 0 Å². The van der Waals surface area contributed by atoms with Gasteiger partial charge in [0.2, 0.25) is 0 Å². The van der Waals surface area contributed by atoms with E-state index in [0.29, 0.717) is 6.04 Å². The van der Waals surface area contributed by atoms with Crippen molar-refractivity contribution in [2.45, 2.75) is 6.04 Å². The third-order valence-electron chi connectivity index (χ3n) is 2.13. The monoisotopic (exact) mass is 235 g/mol. The molecule has 14 heavy (non-hydrogen) atoms. The van der Waals surface area contributed by atoms with E-state index in [4.69, 9.17) is 0 Å². The van der Waals surface area contributed by atoms with E-state index in [1.54, 1.807) is 6.20 Å². The first-order chi connectivity index (χ1) is 5.97. The fourth-order valence-corrected chi connectivity index (χ4v) is 1.47. The maximum Gasteiger partial charge on any atom is 0.0462 e. The number of halogens is 2. The minimum Gasteiger partial charge on any atom is -0.314 e. The van der Waals surface area contributed by atoms with E-state index in [1.165, 1.54) is 5.56 Å². The zero-order valence-corrected chi connectivity index (χ0v) is 9.40. The van der Waals surface area contributed by atoms with Crippen LogP contribution in [-0.2, 0) is 0 Å². The SMILES string of the molecule is Cl.Cl.c1cncc(C2CNCCN2)c1. The van der Waals surface area contributed by atoms with Crippen LogP contribution in [0.5, 0.6) is 0 Å². The van der Waals surface area contributed by atoms with Crippen LogP contribution >= 0.6 is 24.8 Å². The number of hydrogen-bond donors (Lipinski definition) is 2. The van der Waals surface area contributed by atoms with Crippen LogP contribution in [0, 0.1) is 0 Å². The molecule has 0 radical (unpaired) electrons. The molecule has 1 aromatic rings. The molecule has 80 valence electrons. The molecule has 1 unspecified atom stereocenters. The molecule has 1 aliphatic rings. The van der Waals surface area contributed by atoms with Gasteiger partial charge in [-0.1, -0.05) is 6.07 Å². The molecule has 1 saturated heterocycles. The number of pyridine rings is 1. The van der Waals surface area contributed by atoms with Crippen molar-refractivity contribution in [1.82, 2.24) is 15.6 Å². The highest BCUT2D eigenvalue weighted by Gasteiger charge is 2.13. The van der Waals surface area contributed by atoms with Crippen LogP contribution in [0.4, 0.5) is 0 Å². The standard InChI is InChI=1S/C9H13N3.2ClH/c1-2-8(6-10-3-1)9-7-11-4-5-12-9;;/h1-3,6,9,11-12H,4-5,7H2;2*1H. The van der Waals surface area contributed by atoms with E-state index < -0.39 is 0 Å². The quantitative estimate of drug-likeness (QED) is 0.768. The second kappa shape index (κ2) is 7.01. The highest BCUT2D eigenvalue weighted by molar-refractivity contribution is 5.85. The molecule has 5 heteroatoms.